The van der Waals surface area contributed by atoms with Crippen LogP contribution in [0.3, 0.4) is 0 Å². The Labute approximate surface area is 71.6 Å². The molecule has 0 amide bonds. The van der Waals surface area contributed by atoms with E-state index in [1.165, 1.54) is 0 Å². The van der Waals surface area contributed by atoms with E-state index in [1.54, 1.807) is 6.08 Å². The monoisotopic (exact) mass is 189 g/mol. The van der Waals surface area contributed by atoms with Crippen LogP contribution in [0.25, 0.3) is 0 Å². The van der Waals surface area contributed by atoms with Gasteiger partial charge >= 0.3 is 0 Å². The summed E-state index contributed by atoms with van der Waals surface area (Å²) >= 11 is 0. The van der Waals surface area contributed by atoms with Gasteiger partial charge in [0.1, 0.15) is 0 Å². The summed E-state index contributed by atoms with van der Waals surface area (Å²) in [6, 6.07) is 0. The summed E-state index contributed by atoms with van der Waals surface area (Å²) in [5.41, 5.74) is 0.413. The highest BCUT2D eigenvalue weighted by Gasteiger charge is 2.21. The molecule has 0 saturated heterocycles. The zero-order valence-electron chi connectivity index (χ0n) is 6.83. The Bertz CT molecular complexity index is 316. The molecule has 0 saturated carbocycles. The maximum absolute atomic E-state index is 11.1. The first-order valence-electron chi connectivity index (χ1n) is 3.66. The van der Waals surface area contributed by atoms with Gasteiger partial charge in [0.2, 0.25) is 9.84 Å². The van der Waals surface area contributed by atoms with Crippen molar-refractivity contribution in [2.24, 2.45) is 0 Å². The van der Waals surface area contributed by atoms with E-state index in [1.807, 2.05) is 0 Å². The van der Waals surface area contributed by atoms with Gasteiger partial charge in [0.15, 0.2) is 0 Å². The summed E-state index contributed by atoms with van der Waals surface area (Å²) in [6.07, 6.45) is 3.08. The number of carbonyl (C=O) groups excluding carboxylic acids is 1. The molecular formula is C7H11NO3S. The van der Waals surface area contributed by atoms with Crippen LogP contribution < -0.4 is 5.32 Å². The Hall–Kier alpha value is -0.680. The third-order valence-electron chi connectivity index (χ3n) is 1.66. The minimum Gasteiger partial charge on any atom is -0.313 e. The molecule has 1 rings (SSSR count). The first kappa shape index (κ1) is 9.41. The predicted molar refractivity (Wildman–Crippen MR) is 45.4 cm³/mol. The van der Waals surface area contributed by atoms with Crippen LogP contribution in [0.1, 0.15) is 6.42 Å². The normalized spacial score (nSPS) is 18.6. The van der Waals surface area contributed by atoms with Gasteiger partial charge in [-0.1, -0.05) is 6.08 Å². The first-order chi connectivity index (χ1) is 5.52. The van der Waals surface area contributed by atoms with Crippen molar-refractivity contribution in [3.8, 4) is 0 Å². The molecule has 1 aliphatic rings. The number of nitrogens with one attached hydrogen (secondary N) is 1. The van der Waals surface area contributed by atoms with Crippen molar-refractivity contribution in [1.29, 1.82) is 0 Å². The van der Waals surface area contributed by atoms with Crippen molar-refractivity contribution in [3.63, 3.8) is 0 Å². The lowest BCUT2D eigenvalue weighted by Crippen LogP contribution is -2.26. The quantitative estimate of drug-likeness (QED) is 0.602. The second-order valence-electron chi connectivity index (χ2n) is 2.74. The molecule has 0 spiro atoms. The minimum atomic E-state index is -3.54. The smallest absolute Gasteiger partial charge is 0.272 e. The van der Waals surface area contributed by atoms with Crippen molar-refractivity contribution in [3.05, 3.63) is 11.6 Å². The van der Waals surface area contributed by atoms with E-state index in [9.17, 15) is 13.2 Å². The highest BCUT2D eigenvalue weighted by atomic mass is 32.2. The molecule has 4 nitrogen and oxygen atoms in total. The number of sulfone groups is 1. The van der Waals surface area contributed by atoms with E-state index in [0.29, 0.717) is 25.1 Å². The van der Waals surface area contributed by atoms with Crippen molar-refractivity contribution < 1.29 is 13.2 Å². The molecule has 12 heavy (non-hydrogen) atoms. The van der Waals surface area contributed by atoms with Gasteiger partial charge < -0.3 is 5.32 Å². The van der Waals surface area contributed by atoms with E-state index in [4.69, 9.17) is 0 Å². The number of hydrogen-bond acceptors (Lipinski definition) is 4. The van der Waals surface area contributed by atoms with Crippen molar-refractivity contribution >= 4 is 15.0 Å². The summed E-state index contributed by atoms with van der Waals surface area (Å²) in [5, 5.41) is 2.27. The Morgan fingerprint density at radius 1 is 1.58 bits per heavy atom. The summed E-state index contributed by atoms with van der Waals surface area (Å²) in [4.78, 5) is 11.1. The van der Waals surface area contributed by atoms with Gasteiger partial charge in [-0.3, -0.25) is 4.79 Å². The van der Waals surface area contributed by atoms with Crippen molar-refractivity contribution in [2.45, 2.75) is 6.42 Å². The summed E-state index contributed by atoms with van der Waals surface area (Å²) in [6.45, 7) is 1.25. The molecule has 5 heteroatoms. The second kappa shape index (κ2) is 3.37. The highest BCUT2D eigenvalue weighted by Crippen LogP contribution is 2.08. The average molecular weight is 189 g/mol. The minimum absolute atomic E-state index is 0.413. The Morgan fingerprint density at radius 2 is 2.25 bits per heavy atom. The predicted octanol–water partition coefficient (Wildman–Crippen LogP) is -0.523. The van der Waals surface area contributed by atoms with Crippen LogP contribution in [0.5, 0.6) is 0 Å². The Balaban J connectivity index is 2.84. The molecule has 0 aromatic rings. The van der Waals surface area contributed by atoms with E-state index >= 15 is 0 Å². The molecule has 0 radical (unpaired) electrons. The summed E-state index contributed by atoms with van der Waals surface area (Å²) < 4.78 is 21.6. The lowest BCUT2D eigenvalue weighted by molar-refractivity contribution is -0.108. The van der Waals surface area contributed by atoms with Crippen LogP contribution in [0.4, 0.5) is 0 Å². The van der Waals surface area contributed by atoms with Crippen LogP contribution >= 0.6 is 0 Å². The molecule has 0 aliphatic carbocycles. The van der Waals surface area contributed by atoms with Crippen LogP contribution in [-0.2, 0) is 14.6 Å². The zero-order valence-corrected chi connectivity index (χ0v) is 7.65. The fourth-order valence-corrected chi connectivity index (χ4v) is 1.71. The molecule has 1 aliphatic heterocycles. The van der Waals surface area contributed by atoms with Gasteiger partial charge in [-0.2, -0.15) is 0 Å². The number of hydrogen-bond donors (Lipinski definition) is 1. The number of carbonyl (C=O) groups is 1. The maximum Gasteiger partial charge on any atom is 0.272 e. The molecule has 0 aromatic carbocycles. The third-order valence-corrected chi connectivity index (χ3v) is 2.60. The molecule has 0 fully saturated rings. The molecular weight excluding hydrogens is 178 g/mol. The van der Waals surface area contributed by atoms with Crippen LogP contribution in [0.2, 0.25) is 0 Å². The van der Waals surface area contributed by atoms with Gasteiger partial charge in [0.25, 0.3) is 5.12 Å². The van der Waals surface area contributed by atoms with Gasteiger partial charge in [0, 0.05) is 18.4 Å². The fourth-order valence-electron chi connectivity index (χ4n) is 1.05. The molecule has 0 unspecified atom stereocenters. The second-order valence-corrected chi connectivity index (χ2v) is 4.66. The van der Waals surface area contributed by atoms with Crippen molar-refractivity contribution in [1.82, 2.24) is 5.32 Å². The first-order valence-corrected chi connectivity index (χ1v) is 5.55. The average Bonchev–Trinajstić information content (AvgIpc) is 2.03. The Kier molecular flexibility index (Phi) is 2.64. The van der Waals surface area contributed by atoms with Crippen LogP contribution in [0, 0.1) is 0 Å². The maximum atomic E-state index is 11.1. The van der Waals surface area contributed by atoms with Gasteiger partial charge in [0.05, 0.1) is 0 Å². The van der Waals surface area contributed by atoms with E-state index in [0.717, 1.165) is 6.26 Å². The molecule has 68 valence electrons. The van der Waals surface area contributed by atoms with Crippen molar-refractivity contribution in [2.75, 3.05) is 19.3 Å². The van der Waals surface area contributed by atoms with Gasteiger partial charge in [-0.05, 0) is 13.0 Å². The molecule has 1 N–H and O–H groups in total. The standard InChI is InChI=1S/C7H11NO3S/c1-12(10,11)7(9)6-2-4-8-5-3-6/h2,8H,3-5H2,1H3. The lowest BCUT2D eigenvalue weighted by atomic mass is 10.1. The third kappa shape index (κ3) is 2.15. The van der Waals surface area contributed by atoms with Crippen LogP contribution in [0.15, 0.2) is 11.6 Å². The Morgan fingerprint density at radius 3 is 2.67 bits per heavy atom. The fraction of sp³-hybridized carbons (Fsp3) is 0.571. The summed E-state index contributed by atoms with van der Waals surface area (Å²) in [5.74, 6) is 0. The molecule has 1 heterocycles. The molecule has 0 aromatic heterocycles. The van der Waals surface area contributed by atoms with Gasteiger partial charge in [-0.25, -0.2) is 8.42 Å². The lowest BCUT2D eigenvalue weighted by Gasteiger charge is -2.11. The molecule has 0 atom stereocenters. The van der Waals surface area contributed by atoms with Crippen LogP contribution in [-0.4, -0.2) is 32.9 Å². The molecule has 0 bridgehead atoms. The van der Waals surface area contributed by atoms with E-state index in [2.05, 4.69) is 5.32 Å². The highest BCUT2D eigenvalue weighted by molar-refractivity contribution is 8.06. The van der Waals surface area contributed by atoms with E-state index in [-0.39, 0.29) is 0 Å². The largest absolute Gasteiger partial charge is 0.313 e. The summed E-state index contributed by atoms with van der Waals surface area (Å²) in [7, 11) is -3.54. The zero-order chi connectivity index (χ0) is 9.19. The van der Waals surface area contributed by atoms with Gasteiger partial charge in [-0.15, -0.1) is 0 Å². The SMILES string of the molecule is CS(=O)(=O)C(=O)C1=CCNCC1. The van der Waals surface area contributed by atoms with E-state index < -0.39 is 15.0 Å². The number of rotatable bonds is 1. The topological polar surface area (TPSA) is 63.2 Å².